The fourth-order valence-electron chi connectivity index (χ4n) is 2.01. The van der Waals surface area contributed by atoms with E-state index < -0.39 is 29.1 Å². The molecule has 0 atom stereocenters. The molecule has 0 heterocycles. The molecule has 0 unspecified atom stereocenters. The number of carbonyl (C=O) groups is 1. The summed E-state index contributed by atoms with van der Waals surface area (Å²) in [6.45, 7) is 0. The lowest BCUT2D eigenvalue weighted by Crippen LogP contribution is -2.45. The van der Waals surface area contributed by atoms with Crippen LogP contribution in [0.1, 0.15) is 18.4 Å². The second-order valence-corrected chi connectivity index (χ2v) is 4.08. The summed E-state index contributed by atoms with van der Waals surface area (Å²) in [7, 11) is 0. The van der Waals surface area contributed by atoms with Gasteiger partial charge in [0.2, 0.25) is 0 Å². The minimum Gasteiger partial charge on any atom is -0.481 e. The zero-order valence-corrected chi connectivity index (χ0v) is 8.28. The van der Waals surface area contributed by atoms with Crippen molar-refractivity contribution in [2.45, 2.75) is 18.4 Å². The molecule has 3 nitrogen and oxygen atoms in total. The Kier molecular flexibility index (Phi) is 2.42. The van der Waals surface area contributed by atoms with Crippen molar-refractivity contribution in [3.8, 4) is 0 Å². The number of carboxylic acid groups (broad SMARTS) is 1. The third kappa shape index (κ3) is 1.57. The highest BCUT2D eigenvalue weighted by molar-refractivity contribution is 5.71. The summed E-state index contributed by atoms with van der Waals surface area (Å²) in [6, 6.07) is 3.52. The van der Waals surface area contributed by atoms with Crippen molar-refractivity contribution in [3.05, 3.63) is 35.4 Å². The minimum atomic E-state index is -1.55. The predicted octanol–water partition coefficient (Wildman–Crippen LogP) is 1.65. The molecule has 0 bridgehead atoms. The van der Waals surface area contributed by atoms with Crippen LogP contribution in [0.5, 0.6) is 0 Å². The molecule has 1 aliphatic rings. The largest absolute Gasteiger partial charge is 0.481 e. The molecule has 86 valence electrons. The molecular weight excluding hydrogens is 218 g/mol. The van der Waals surface area contributed by atoms with Gasteiger partial charge in [0.1, 0.15) is 0 Å². The van der Waals surface area contributed by atoms with Crippen LogP contribution in [-0.4, -0.2) is 16.2 Å². The van der Waals surface area contributed by atoms with Crippen LogP contribution in [0.4, 0.5) is 8.78 Å². The molecule has 0 saturated heterocycles. The van der Waals surface area contributed by atoms with E-state index in [1.807, 2.05) is 0 Å². The van der Waals surface area contributed by atoms with Crippen molar-refractivity contribution in [1.29, 1.82) is 0 Å². The highest BCUT2D eigenvalue weighted by Gasteiger charge is 2.49. The summed E-state index contributed by atoms with van der Waals surface area (Å²) in [5, 5.41) is 18.6. The van der Waals surface area contributed by atoms with Crippen molar-refractivity contribution in [3.63, 3.8) is 0 Å². The fourth-order valence-corrected chi connectivity index (χ4v) is 2.01. The average Bonchev–Trinajstić information content (AvgIpc) is 2.17. The predicted molar refractivity (Wildman–Crippen MR) is 50.6 cm³/mol. The lowest BCUT2D eigenvalue weighted by molar-refractivity contribution is -0.159. The smallest absolute Gasteiger partial charge is 0.306 e. The zero-order valence-electron chi connectivity index (χ0n) is 8.28. The number of halogens is 2. The van der Waals surface area contributed by atoms with Crippen LogP contribution in [0, 0.1) is 17.6 Å². The van der Waals surface area contributed by atoms with Crippen LogP contribution in [0.2, 0.25) is 0 Å². The van der Waals surface area contributed by atoms with Gasteiger partial charge in [0.05, 0.1) is 11.5 Å². The second-order valence-electron chi connectivity index (χ2n) is 4.08. The normalized spacial score (nSPS) is 28.6. The van der Waals surface area contributed by atoms with Crippen molar-refractivity contribution in [2.24, 2.45) is 5.92 Å². The first-order valence-electron chi connectivity index (χ1n) is 4.84. The second kappa shape index (κ2) is 3.52. The van der Waals surface area contributed by atoms with Gasteiger partial charge in [0, 0.05) is 5.56 Å². The summed E-state index contributed by atoms with van der Waals surface area (Å²) in [5.41, 5.74) is -1.71. The minimum absolute atomic E-state index is 0.0806. The van der Waals surface area contributed by atoms with Crippen molar-refractivity contribution in [2.75, 3.05) is 0 Å². The number of benzene rings is 1. The SMILES string of the molecule is O=C(O)C1CC(O)(c2cccc(F)c2F)C1. The molecule has 1 aromatic carbocycles. The van der Waals surface area contributed by atoms with Crippen molar-refractivity contribution >= 4 is 5.97 Å². The van der Waals surface area contributed by atoms with Crippen molar-refractivity contribution in [1.82, 2.24) is 0 Å². The molecule has 5 heteroatoms. The maximum atomic E-state index is 13.4. The topological polar surface area (TPSA) is 57.5 Å². The lowest BCUT2D eigenvalue weighted by Gasteiger charge is -2.41. The Bertz CT molecular complexity index is 439. The van der Waals surface area contributed by atoms with E-state index in [0.717, 1.165) is 6.07 Å². The highest BCUT2D eigenvalue weighted by atomic mass is 19.2. The van der Waals surface area contributed by atoms with Crippen LogP contribution in [0.3, 0.4) is 0 Å². The molecule has 2 N–H and O–H groups in total. The monoisotopic (exact) mass is 228 g/mol. The van der Waals surface area contributed by atoms with Gasteiger partial charge in [-0.2, -0.15) is 0 Å². The van der Waals surface area contributed by atoms with Crippen LogP contribution >= 0.6 is 0 Å². The van der Waals surface area contributed by atoms with Gasteiger partial charge in [-0.3, -0.25) is 4.79 Å². The molecule has 0 spiro atoms. The molecule has 0 radical (unpaired) electrons. The van der Waals surface area contributed by atoms with E-state index in [1.54, 1.807) is 0 Å². The molecule has 0 aromatic heterocycles. The van der Waals surface area contributed by atoms with Gasteiger partial charge in [-0.05, 0) is 18.9 Å². The van der Waals surface area contributed by atoms with Crippen LogP contribution in [0.15, 0.2) is 18.2 Å². The number of hydrogen-bond acceptors (Lipinski definition) is 2. The number of aliphatic hydroxyl groups is 1. The average molecular weight is 228 g/mol. The lowest BCUT2D eigenvalue weighted by atomic mass is 9.67. The van der Waals surface area contributed by atoms with Gasteiger partial charge in [0.25, 0.3) is 0 Å². The maximum Gasteiger partial charge on any atom is 0.306 e. The van der Waals surface area contributed by atoms with E-state index >= 15 is 0 Å². The van der Waals surface area contributed by atoms with E-state index in [4.69, 9.17) is 5.11 Å². The number of rotatable bonds is 2. The molecule has 1 aromatic rings. The third-order valence-corrected chi connectivity index (χ3v) is 2.97. The van der Waals surface area contributed by atoms with E-state index in [2.05, 4.69) is 0 Å². The Balaban J connectivity index is 2.26. The van der Waals surface area contributed by atoms with Gasteiger partial charge in [-0.25, -0.2) is 8.78 Å². The molecule has 2 rings (SSSR count). The molecule has 1 fully saturated rings. The molecule has 0 aliphatic heterocycles. The highest BCUT2D eigenvalue weighted by Crippen LogP contribution is 2.46. The van der Waals surface area contributed by atoms with Gasteiger partial charge in [0.15, 0.2) is 11.6 Å². The van der Waals surface area contributed by atoms with Gasteiger partial charge < -0.3 is 10.2 Å². The maximum absolute atomic E-state index is 13.4. The number of carboxylic acids is 1. The summed E-state index contributed by atoms with van der Waals surface area (Å²) in [5.74, 6) is -3.85. The van der Waals surface area contributed by atoms with Crippen molar-refractivity contribution < 1.29 is 23.8 Å². The molecule has 1 saturated carbocycles. The fraction of sp³-hybridized carbons (Fsp3) is 0.364. The number of hydrogen-bond donors (Lipinski definition) is 2. The van der Waals surface area contributed by atoms with Crippen LogP contribution in [0.25, 0.3) is 0 Å². The first kappa shape index (κ1) is 11.0. The van der Waals surface area contributed by atoms with Crippen LogP contribution < -0.4 is 0 Å². The van der Waals surface area contributed by atoms with E-state index in [1.165, 1.54) is 12.1 Å². The van der Waals surface area contributed by atoms with Gasteiger partial charge >= 0.3 is 5.97 Å². The number of aliphatic carboxylic acids is 1. The first-order valence-corrected chi connectivity index (χ1v) is 4.84. The summed E-state index contributed by atoms with van der Waals surface area (Å²) < 4.78 is 26.3. The molecule has 16 heavy (non-hydrogen) atoms. The summed E-state index contributed by atoms with van der Waals surface area (Å²) in [4.78, 5) is 10.6. The van der Waals surface area contributed by atoms with Gasteiger partial charge in [-0.15, -0.1) is 0 Å². The quantitative estimate of drug-likeness (QED) is 0.809. The van der Waals surface area contributed by atoms with E-state index in [-0.39, 0.29) is 18.4 Å². The Morgan fingerprint density at radius 2 is 2.00 bits per heavy atom. The van der Waals surface area contributed by atoms with E-state index in [0.29, 0.717) is 0 Å². The Hall–Kier alpha value is -1.49. The van der Waals surface area contributed by atoms with Crippen LogP contribution in [-0.2, 0) is 10.4 Å². The summed E-state index contributed by atoms with van der Waals surface area (Å²) >= 11 is 0. The Morgan fingerprint density at radius 1 is 1.38 bits per heavy atom. The third-order valence-electron chi connectivity index (χ3n) is 2.97. The molecular formula is C11H10F2O3. The Morgan fingerprint density at radius 3 is 2.56 bits per heavy atom. The summed E-state index contributed by atoms with van der Waals surface area (Å²) in [6.07, 6.45) is -0.161. The van der Waals surface area contributed by atoms with E-state index in [9.17, 15) is 18.7 Å². The molecule has 0 amide bonds. The molecule has 1 aliphatic carbocycles. The first-order chi connectivity index (χ1) is 7.44. The zero-order chi connectivity index (χ0) is 11.9. The standard InChI is InChI=1S/C11H10F2O3/c12-8-3-1-2-7(9(8)13)11(16)4-6(5-11)10(14)15/h1-3,6,16H,4-5H2,(H,14,15). The van der Waals surface area contributed by atoms with Gasteiger partial charge in [-0.1, -0.05) is 12.1 Å². The Labute approximate surface area is 90.3 Å².